The molecule has 0 fully saturated rings. The van der Waals surface area contributed by atoms with E-state index in [2.05, 4.69) is 179 Å². The van der Waals surface area contributed by atoms with Crippen molar-refractivity contribution in [3.8, 4) is 33.6 Å². The minimum Gasteiger partial charge on any atom is -0.310 e. The van der Waals surface area contributed by atoms with Crippen LogP contribution in [-0.4, -0.2) is 19.9 Å². The maximum atomic E-state index is 4.92. The molecule has 4 heterocycles. The molecular weight excluding hydrogens is 695 g/mol. The molecule has 5 nitrogen and oxygen atoms in total. The van der Waals surface area contributed by atoms with Crippen molar-refractivity contribution in [2.24, 2.45) is 0 Å². The third-order valence-corrected chi connectivity index (χ3v) is 11.0. The van der Waals surface area contributed by atoms with Gasteiger partial charge in [0.25, 0.3) is 0 Å². The smallest absolute Gasteiger partial charge is 0.0740 e. The van der Waals surface area contributed by atoms with Crippen LogP contribution in [0.2, 0.25) is 0 Å². The van der Waals surface area contributed by atoms with Crippen LogP contribution >= 0.6 is 0 Å². The monoisotopic (exact) mass is 727 g/mol. The molecule has 266 valence electrons. The van der Waals surface area contributed by atoms with Gasteiger partial charge in [-0.25, -0.2) is 9.97 Å². The van der Waals surface area contributed by atoms with Gasteiger partial charge in [-0.2, -0.15) is 0 Å². The van der Waals surface area contributed by atoms with E-state index in [1.54, 1.807) is 12.4 Å². The molecule has 11 aromatic rings. The van der Waals surface area contributed by atoms with Crippen molar-refractivity contribution in [2.45, 2.75) is 0 Å². The summed E-state index contributed by atoms with van der Waals surface area (Å²) in [5.74, 6) is 0. The molecule has 4 aromatic heterocycles. The summed E-state index contributed by atoms with van der Waals surface area (Å²) >= 11 is 0. The van der Waals surface area contributed by atoms with Gasteiger partial charge in [-0.05, 0) is 128 Å². The van der Waals surface area contributed by atoms with Crippen LogP contribution in [0, 0.1) is 0 Å². The molecule has 57 heavy (non-hydrogen) atoms. The Labute approximate surface area is 329 Å². The number of benzene rings is 7. The summed E-state index contributed by atoms with van der Waals surface area (Å²) in [5, 5.41) is 9.42. The Kier molecular flexibility index (Phi) is 7.74. The first-order valence-corrected chi connectivity index (χ1v) is 19.1. The molecule has 0 spiro atoms. The van der Waals surface area contributed by atoms with Crippen LogP contribution in [0.25, 0.3) is 87.8 Å². The van der Waals surface area contributed by atoms with Crippen molar-refractivity contribution in [1.82, 2.24) is 19.9 Å². The summed E-state index contributed by atoms with van der Waals surface area (Å²) in [6, 6.07) is 62.9. The zero-order valence-electron chi connectivity index (χ0n) is 30.8. The molecule has 0 saturated heterocycles. The molecule has 0 saturated carbocycles. The normalized spacial score (nSPS) is 11.5. The zero-order chi connectivity index (χ0) is 37.7. The number of fused-ring (bicyclic) bond motifs is 6. The Morgan fingerprint density at radius 2 is 0.772 bits per heavy atom. The lowest BCUT2D eigenvalue weighted by Crippen LogP contribution is -2.10. The zero-order valence-corrected chi connectivity index (χ0v) is 30.8. The summed E-state index contributed by atoms with van der Waals surface area (Å²) in [6.07, 6.45) is 7.27. The van der Waals surface area contributed by atoms with E-state index in [9.17, 15) is 0 Å². The lowest BCUT2D eigenvalue weighted by molar-refractivity contribution is 1.28. The Morgan fingerprint density at radius 3 is 1.39 bits per heavy atom. The van der Waals surface area contributed by atoms with Gasteiger partial charge in [-0.3, -0.25) is 9.97 Å². The van der Waals surface area contributed by atoms with Crippen LogP contribution in [0.15, 0.2) is 201 Å². The number of hydrogen-bond acceptors (Lipinski definition) is 5. The molecule has 0 N–H and O–H groups in total. The van der Waals surface area contributed by atoms with Gasteiger partial charge < -0.3 is 4.90 Å². The van der Waals surface area contributed by atoms with Crippen molar-refractivity contribution >= 4 is 71.2 Å². The number of hydrogen-bond donors (Lipinski definition) is 0. The second-order valence-corrected chi connectivity index (χ2v) is 14.4. The lowest BCUT2D eigenvalue weighted by atomic mass is 9.96. The average Bonchev–Trinajstić information content (AvgIpc) is 3.29. The SMILES string of the molecule is c1ccc2cc(-c3ccc4c(ccc5cc(N(c6ccc(-c7ccc8cnccc8n7)cc6)c6ccc(-c7ccc8cnccc8n7)cc6)ccc54)c3)ccc2c1. The van der Waals surface area contributed by atoms with E-state index in [4.69, 9.17) is 9.97 Å². The minimum absolute atomic E-state index is 0.927. The predicted octanol–water partition coefficient (Wildman–Crippen LogP) is 13.5. The van der Waals surface area contributed by atoms with E-state index in [1.807, 2.05) is 24.5 Å². The van der Waals surface area contributed by atoms with Gasteiger partial charge in [0.1, 0.15) is 0 Å². The van der Waals surface area contributed by atoms with Crippen molar-refractivity contribution in [3.63, 3.8) is 0 Å². The van der Waals surface area contributed by atoms with E-state index in [0.717, 1.165) is 61.4 Å². The number of pyridine rings is 4. The molecular formula is C52H33N5. The fraction of sp³-hybridized carbons (Fsp3) is 0. The largest absolute Gasteiger partial charge is 0.310 e. The van der Waals surface area contributed by atoms with Gasteiger partial charge in [0.2, 0.25) is 0 Å². The van der Waals surface area contributed by atoms with E-state index < -0.39 is 0 Å². The van der Waals surface area contributed by atoms with Gasteiger partial charge in [0.15, 0.2) is 0 Å². The highest BCUT2D eigenvalue weighted by Crippen LogP contribution is 2.40. The predicted molar refractivity (Wildman–Crippen MR) is 236 cm³/mol. The second kappa shape index (κ2) is 13.5. The maximum absolute atomic E-state index is 4.92. The van der Waals surface area contributed by atoms with Gasteiger partial charge >= 0.3 is 0 Å². The standard InChI is InChI=1S/C52H33N5/c1-2-4-37-29-38(6-5-34(37)3-1)39-13-21-47-40(30-39)7-8-41-31-46(20-22-48(41)47)57(44-16-9-35(10-17-44)49-23-14-42-32-53-27-25-51(42)55-49)45-18-11-36(12-19-45)50-24-15-43-33-54-28-26-52(43)56-50/h1-33H. The fourth-order valence-corrected chi connectivity index (χ4v) is 8.01. The first-order chi connectivity index (χ1) is 28.2. The van der Waals surface area contributed by atoms with Crippen molar-refractivity contribution in [3.05, 3.63) is 201 Å². The van der Waals surface area contributed by atoms with E-state index in [1.165, 1.54) is 43.4 Å². The van der Waals surface area contributed by atoms with Crippen LogP contribution in [0.3, 0.4) is 0 Å². The third kappa shape index (κ3) is 5.99. The highest BCUT2D eigenvalue weighted by molar-refractivity contribution is 6.09. The summed E-state index contributed by atoms with van der Waals surface area (Å²) < 4.78 is 0. The molecule has 0 atom stereocenters. The average molecular weight is 728 g/mol. The number of aromatic nitrogens is 4. The maximum Gasteiger partial charge on any atom is 0.0740 e. The van der Waals surface area contributed by atoms with Gasteiger partial charge in [-0.15, -0.1) is 0 Å². The van der Waals surface area contributed by atoms with Crippen LogP contribution in [0.4, 0.5) is 17.1 Å². The van der Waals surface area contributed by atoms with Gasteiger partial charge in [0, 0.05) is 63.7 Å². The topological polar surface area (TPSA) is 54.8 Å². The number of anilines is 3. The Hall–Kier alpha value is -7.76. The van der Waals surface area contributed by atoms with Crippen molar-refractivity contribution in [2.75, 3.05) is 4.90 Å². The lowest BCUT2D eigenvalue weighted by Gasteiger charge is -2.26. The Morgan fingerprint density at radius 1 is 0.316 bits per heavy atom. The summed E-state index contributed by atoms with van der Waals surface area (Å²) in [5.41, 5.74) is 11.4. The highest BCUT2D eigenvalue weighted by atomic mass is 15.1. The molecule has 0 radical (unpaired) electrons. The Balaban J connectivity index is 0.981. The van der Waals surface area contributed by atoms with Crippen LogP contribution in [0.5, 0.6) is 0 Å². The Bertz CT molecular complexity index is 3180. The molecule has 11 rings (SSSR count). The molecule has 0 amide bonds. The quantitative estimate of drug-likeness (QED) is 0.160. The first kappa shape index (κ1) is 32.7. The summed E-state index contributed by atoms with van der Waals surface area (Å²) in [4.78, 5) is 20.7. The van der Waals surface area contributed by atoms with E-state index >= 15 is 0 Å². The second-order valence-electron chi connectivity index (χ2n) is 14.4. The summed E-state index contributed by atoms with van der Waals surface area (Å²) in [7, 11) is 0. The van der Waals surface area contributed by atoms with Crippen LogP contribution in [-0.2, 0) is 0 Å². The van der Waals surface area contributed by atoms with E-state index in [0.29, 0.717) is 0 Å². The molecule has 5 heteroatoms. The number of nitrogens with zero attached hydrogens (tertiary/aromatic N) is 5. The van der Waals surface area contributed by atoms with E-state index in [-0.39, 0.29) is 0 Å². The first-order valence-electron chi connectivity index (χ1n) is 19.1. The van der Waals surface area contributed by atoms with Crippen molar-refractivity contribution < 1.29 is 0 Å². The number of rotatable bonds is 6. The molecule has 0 aliphatic heterocycles. The van der Waals surface area contributed by atoms with Crippen LogP contribution in [0.1, 0.15) is 0 Å². The molecule has 0 unspecified atom stereocenters. The molecule has 0 bridgehead atoms. The van der Waals surface area contributed by atoms with Gasteiger partial charge in [-0.1, -0.05) is 91.0 Å². The molecule has 7 aromatic carbocycles. The van der Waals surface area contributed by atoms with Crippen molar-refractivity contribution in [1.29, 1.82) is 0 Å². The molecule has 0 aliphatic rings. The summed E-state index contributed by atoms with van der Waals surface area (Å²) in [6.45, 7) is 0. The van der Waals surface area contributed by atoms with Crippen LogP contribution < -0.4 is 4.90 Å². The molecule has 0 aliphatic carbocycles. The van der Waals surface area contributed by atoms with Gasteiger partial charge in [0.05, 0.1) is 22.4 Å². The third-order valence-electron chi connectivity index (χ3n) is 11.0. The highest BCUT2D eigenvalue weighted by Gasteiger charge is 2.16. The fourth-order valence-electron chi connectivity index (χ4n) is 8.01. The minimum atomic E-state index is 0.927.